The number of carbonyl (C=O) groups is 3. The van der Waals surface area contributed by atoms with E-state index < -0.39 is 29.7 Å². The summed E-state index contributed by atoms with van der Waals surface area (Å²) in [4.78, 5) is 40.8. The van der Waals surface area contributed by atoms with Crippen LogP contribution >= 0.6 is 12.6 Å². The van der Waals surface area contributed by atoms with E-state index in [0.717, 1.165) is 43.2 Å². The molecule has 0 spiro atoms. The lowest BCUT2D eigenvalue weighted by Gasteiger charge is -2.34. The molecule has 192 valence electrons. The fraction of sp³-hybridized carbons (Fsp3) is 0.615. The molecule has 0 aromatic heterocycles. The molecule has 2 rings (SSSR count). The van der Waals surface area contributed by atoms with Crippen molar-refractivity contribution in [1.82, 2.24) is 15.5 Å². The Morgan fingerprint density at radius 3 is 2.37 bits per heavy atom. The van der Waals surface area contributed by atoms with Gasteiger partial charge in [0.15, 0.2) is 0 Å². The van der Waals surface area contributed by atoms with Gasteiger partial charge < -0.3 is 20.3 Å². The predicted octanol–water partition coefficient (Wildman–Crippen LogP) is 3.97. The van der Waals surface area contributed by atoms with Crippen LogP contribution in [-0.2, 0) is 14.3 Å². The lowest BCUT2D eigenvalue weighted by atomic mass is 9.94. The van der Waals surface area contributed by atoms with Crippen LogP contribution in [0.15, 0.2) is 18.2 Å². The molecule has 8 nitrogen and oxygen atoms in total. The van der Waals surface area contributed by atoms with E-state index in [1.807, 2.05) is 38.1 Å². The molecule has 1 aliphatic carbocycles. The molecule has 35 heavy (non-hydrogen) atoms. The largest absolute Gasteiger partial charge is 0.444 e. The van der Waals surface area contributed by atoms with E-state index in [-0.39, 0.29) is 24.2 Å². The average Bonchev–Trinajstić information content (AvgIpc) is 2.78. The number of ether oxygens (including phenoxy) is 1. The Hall–Kier alpha value is -2.73. The van der Waals surface area contributed by atoms with Gasteiger partial charge in [0.2, 0.25) is 11.8 Å². The number of nitrogens with zero attached hydrogens (tertiary/aromatic N) is 2. The number of benzene rings is 1. The fourth-order valence-electron chi connectivity index (χ4n) is 4.14. The van der Waals surface area contributed by atoms with Crippen LogP contribution in [-0.4, -0.2) is 52.8 Å². The minimum atomic E-state index is -1.07. The van der Waals surface area contributed by atoms with Crippen molar-refractivity contribution < 1.29 is 19.1 Å². The predicted molar refractivity (Wildman–Crippen MR) is 138 cm³/mol. The van der Waals surface area contributed by atoms with Crippen molar-refractivity contribution in [1.29, 1.82) is 5.26 Å². The number of carbonyl (C=O) groups excluding carboxylic acids is 3. The summed E-state index contributed by atoms with van der Waals surface area (Å²) in [5.74, 6) is -0.933. The smallest absolute Gasteiger partial charge is 0.408 e. The molecule has 3 amide bonds. The highest BCUT2D eigenvalue weighted by molar-refractivity contribution is 7.80. The Kier molecular flexibility index (Phi) is 10.4. The minimum absolute atomic E-state index is 0.0239. The maximum atomic E-state index is 13.6. The number of aryl methyl sites for hydroxylation is 2. The van der Waals surface area contributed by atoms with Gasteiger partial charge in [0.25, 0.3) is 0 Å². The molecule has 2 unspecified atom stereocenters. The van der Waals surface area contributed by atoms with Crippen molar-refractivity contribution in [2.75, 3.05) is 12.3 Å². The van der Waals surface area contributed by atoms with Gasteiger partial charge in [-0.1, -0.05) is 37.5 Å². The maximum absolute atomic E-state index is 13.6. The van der Waals surface area contributed by atoms with Gasteiger partial charge in [-0.2, -0.15) is 17.9 Å². The first-order valence-electron chi connectivity index (χ1n) is 12.1. The van der Waals surface area contributed by atoms with E-state index >= 15 is 0 Å². The highest BCUT2D eigenvalue weighted by atomic mass is 32.1. The summed E-state index contributed by atoms with van der Waals surface area (Å²) in [5, 5.41) is 15.2. The van der Waals surface area contributed by atoms with Crippen LogP contribution in [0.2, 0.25) is 0 Å². The standard InChI is InChI=1S/C26H38N4O4S/c1-17-11-12-19(15-18(17)2)22(23(31)28-20-9-7-6-8-10-20)30(14-13-27)24(32)21(16-35)29-25(33)34-26(3,4)5/h11-12,15,20-22,35H,6-10,14,16H2,1-5H3,(H,28,31)(H,29,33). The van der Waals surface area contributed by atoms with E-state index in [1.54, 1.807) is 20.8 Å². The Bertz CT molecular complexity index is 948. The molecule has 1 saturated carbocycles. The summed E-state index contributed by atoms with van der Waals surface area (Å²) in [6.45, 7) is 8.74. The van der Waals surface area contributed by atoms with Gasteiger partial charge in [-0.15, -0.1) is 0 Å². The summed E-state index contributed by atoms with van der Waals surface area (Å²) in [5.41, 5.74) is 1.89. The molecule has 0 aliphatic heterocycles. The first kappa shape index (κ1) is 28.5. The SMILES string of the molecule is Cc1ccc(C(C(=O)NC2CCCCC2)N(CC#N)C(=O)C(CS)NC(=O)OC(C)(C)C)cc1C. The fourth-order valence-corrected chi connectivity index (χ4v) is 4.39. The maximum Gasteiger partial charge on any atom is 0.408 e. The lowest BCUT2D eigenvalue weighted by molar-refractivity contribution is -0.141. The van der Waals surface area contributed by atoms with E-state index in [1.165, 1.54) is 4.90 Å². The number of nitrogens with one attached hydrogen (secondary N) is 2. The van der Waals surface area contributed by atoms with Crippen LogP contribution in [0.1, 0.15) is 75.6 Å². The first-order valence-corrected chi connectivity index (χ1v) is 12.8. The number of rotatable bonds is 8. The molecule has 1 aromatic carbocycles. The summed E-state index contributed by atoms with van der Waals surface area (Å²) in [7, 11) is 0. The van der Waals surface area contributed by atoms with Gasteiger partial charge in [-0.25, -0.2) is 4.79 Å². The monoisotopic (exact) mass is 502 g/mol. The van der Waals surface area contributed by atoms with Gasteiger partial charge in [0.1, 0.15) is 24.2 Å². The van der Waals surface area contributed by atoms with Gasteiger partial charge in [-0.05, 0) is 64.2 Å². The van der Waals surface area contributed by atoms with Crippen LogP contribution in [0, 0.1) is 25.2 Å². The number of hydrogen-bond acceptors (Lipinski definition) is 6. The van der Waals surface area contributed by atoms with E-state index in [2.05, 4.69) is 23.3 Å². The summed E-state index contributed by atoms with van der Waals surface area (Å²) < 4.78 is 5.28. The van der Waals surface area contributed by atoms with Gasteiger partial charge >= 0.3 is 6.09 Å². The summed E-state index contributed by atoms with van der Waals surface area (Å²) >= 11 is 4.25. The van der Waals surface area contributed by atoms with E-state index in [4.69, 9.17) is 4.74 Å². The molecular formula is C26H38N4O4S. The molecule has 1 fully saturated rings. The minimum Gasteiger partial charge on any atom is -0.444 e. The number of amides is 3. The second-order valence-electron chi connectivity index (χ2n) is 10.1. The van der Waals surface area contributed by atoms with Crippen LogP contribution in [0.25, 0.3) is 0 Å². The zero-order chi connectivity index (χ0) is 26.2. The lowest BCUT2D eigenvalue weighted by Crippen LogP contribution is -2.54. The quantitative estimate of drug-likeness (QED) is 0.368. The number of alkyl carbamates (subject to hydrolysis) is 1. The van der Waals surface area contributed by atoms with E-state index in [9.17, 15) is 19.6 Å². The Morgan fingerprint density at radius 2 is 1.83 bits per heavy atom. The average molecular weight is 503 g/mol. The molecule has 1 aliphatic rings. The summed E-state index contributed by atoms with van der Waals surface area (Å²) in [6, 6.07) is 5.53. The molecule has 1 aromatic rings. The number of thiol groups is 1. The van der Waals surface area contributed by atoms with Crippen LogP contribution in [0.3, 0.4) is 0 Å². The summed E-state index contributed by atoms with van der Waals surface area (Å²) in [6.07, 6.45) is 4.24. The Labute approximate surface area is 214 Å². The molecule has 0 heterocycles. The highest BCUT2D eigenvalue weighted by Gasteiger charge is 2.36. The normalized spacial score (nSPS) is 15.9. The van der Waals surface area contributed by atoms with Crippen molar-refractivity contribution in [3.63, 3.8) is 0 Å². The van der Waals surface area contributed by atoms with Crippen molar-refractivity contribution in [2.45, 2.75) is 90.4 Å². The molecular weight excluding hydrogens is 464 g/mol. The van der Waals surface area contributed by atoms with Crippen LogP contribution in [0.4, 0.5) is 4.79 Å². The number of hydrogen-bond donors (Lipinski definition) is 3. The third kappa shape index (κ3) is 8.46. The molecule has 0 radical (unpaired) electrons. The van der Waals surface area contributed by atoms with Crippen molar-refractivity contribution in [3.05, 3.63) is 34.9 Å². The van der Waals surface area contributed by atoms with Crippen molar-refractivity contribution in [3.8, 4) is 6.07 Å². The van der Waals surface area contributed by atoms with Crippen molar-refractivity contribution in [2.24, 2.45) is 0 Å². The molecule has 0 saturated heterocycles. The van der Waals surface area contributed by atoms with Crippen molar-refractivity contribution >= 4 is 30.5 Å². The van der Waals surface area contributed by atoms with Gasteiger partial charge in [0, 0.05) is 11.8 Å². The molecule has 2 atom stereocenters. The third-order valence-electron chi connectivity index (χ3n) is 6.05. The third-order valence-corrected chi connectivity index (χ3v) is 6.42. The van der Waals surface area contributed by atoms with E-state index in [0.29, 0.717) is 5.56 Å². The topological polar surface area (TPSA) is 112 Å². The van der Waals surface area contributed by atoms with Gasteiger partial charge in [0.05, 0.1) is 6.07 Å². The Morgan fingerprint density at radius 1 is 1.17 bits per heavy atom. The molecule has 0 bridgehead atoms. The highest BCUT2D eigenvalue weighted by Crippen LogP contribution is 2.26. The zero-order valence-electron chi connectivity index (χ0n) is 21.4. The number of nitriles is 1. The molecule has 2 N–H and O–H groups in total. The zero-order valence-corrected chi connectivity index (χ0v) is 22.3. The van der Waals surface area contributed by atoms with Crippen LogP contribution in [0.5, 0.6) is 0 Å². The molecule has 9 heteroatoms. The Balaban J connectivity index is 2.40. The second-order valence-corrected chi connectivity index (χ2v) is 10.5. The first-order chi connectivity index (χ1) is 16.5. The van der Waals surface area contributed by atoms with Crippen LogP contribution < -0.4 is 10.6 Å². The van der Waals surface area contributed by atoms with Gasteiger partial charge in [-0.3, -0.25) is 9.59 Å². The second kappa shape index (κ2) is 12.8.